The topological polar surface area (TPSA) is 17.1 Å². The summed E-state index contributed by atoms with van der Waals surface area (Å²) in [6.45, 7) is 1.54. The van der Waals surface area contributed by atoms with Crippen LogP contribution in [0.5, 0.6) is 0 Å². The molecule has 0 aromatic heterocycles. The molecule has 1 nitrogen and oxygen atoms in total. The lowest BCUT2D eigenvalue weighted by molar-refractivity contribution is -0.112. The van der Waals surface area contributed by atoms with E-state index >= 15 is 0 Å². The number of carbonyl (C=O) groups is 1. The fourth-order valence-electron chi connectivity index (χ4n) is 1.62. The second-order valence-electron chi connectivity index (χ2n) is 4.15. The van der Waals surface area contributed by atoms with Crippen LogP contribution >= 0.6 is 0 Å². The van der Waals surface area contributed by atoms with Crippen LogP contribution in [0.15, 0.2) is 60.7 Å². The molecule has 0 aliphatic heterocycles. The maximum atomic E-state index is 11.0. The molecule has 0 unspecified atom stereocenters. The zero-order valence-corrected chi connectivity index (χ0v) is 10.8. The van der Waals surface area contributed by atoms with Gasteiger partial charge >= 0.3 is 0 Å². The smallest absolute Gasteiger partial charge is 0.152 e. The Kier molecular flexibility index (Phi) is 4.31. The minimum absolute atomic E-state index is 0.0332. The average molecular weight is 246 g/mol. The fourth-order valence-corrected chi connectivity index (χ4v) is 1.62. The molecular formula is C18H14O. The largest absolute Gasteiger partial charge is 0.295 e. The number of hydrogen-bond acceptors (Lipinski definition) is 1. The van der Waals surface area contributed by atoms with Gasteiger partial charge in [-0.05, 0) is 36.8 Å². The van der Waals surface area contributed by atoms with Gasteiger partial charge in [-0.3, -0.25) is 4.79 Å². The van der Waals surface area contributed by atoms with Crippen molar-refractivity contribution in [2.45, 2.75) is 6.92 Å². The van der Waals surface area contributed by atoms with Gasteiger partial charge in [0, 0.05) is 11.1 Å². The number of allylic oxidation sites excluding steroid dienone is 1. The van der Waals surface area contributed by atoms with Crippen LogP contribution in [-0.4, -0.2) is 5.78 Å². The standard InChI is InChI=1S/C18H14O/c1-15(19)11-13-17-9-5-6-10-18(17)14-12-16-7-3-2-4-8-16/h2-11,13H,1H3/b13-11+. The van der Waals surface area contributed by atoms with Crippen molar-refractivity contribution in [3.05, 3.63) is 77.4 Å². The molecular weight excluding hydrogens is 232 g/mol. The second kappa shape index (κ2) is 6.37. The molecule has 0 heterocycles. The molecule has 0 aliphatic carbocycles. The third-order valence-electron chi connectivity index (χ3n) is 2.57. The van der Waals surface area contributed by atoms with Crippen molar-refractivity contribution in [1.82, 2.24) is 0 Å². The second-order valence-corrected chi connectivity index (χ2v) is 4.15. The van der Waals surface area contributed by atoms with Crippen LogP contribution in [0, 0.1) is 11.8 Å². The minimum Gasteiger partial charge on any atom is -0.295 e. The maximum Gasteiger partial charge on any atom is 0.152 e. The third-order valence-corrected chi connectivity index (χ3v) is 2.57. The summed E-state index contributed by atoms with van der Waals surface area (Å²) in [5.41, 5.74) is 2.86. The molecule has 2 aromatic rings. The van der Waals surface area contributed by atoms with Gasteiger partial charge in [-0.1, -0.05) is 54.3 Å². The molecule has 92 valence electrons. The Balaban J connectivity index is 2.31. The van der Waals surface area contributed by atoms with Crippen LogP contribution in [0.3, 0.4) is 0 Å². The van der Waals surface area contributed by atoms with Gasteiger partial charge in [-0.15, -0.1) is 0 Å². The Bertz CT molecular complexity index is 655. The van der Waals surface area contributed by atoms with Crippen LogP contribution in [0.2, 0.25) is 0 Å². The molecule has 0 spiro atoms. The van der Waals surface area contributed by atoms with Gasteiger partial charge in [0.05, 0.1) is 0 Å². The Labute approximate surface area is 113 Å². The van der Waals surface area contributed by atoms with Gasteiger partial charge in [0.2, 0.25) is 0 Å². The summed E-state index contributed by atoms with van der Waals surface area (Å²) in [6, 6.07) is 17.6. The Morgan fingerprint density at radius 3 is 2.37 bits per heavy atom. The first-order valence-corrected chi connectivity index (χ1v) is 6.10. The van der Waals surface area contributed by atoms with Crippen molar-refractivity contribution < 1.29 is 4.79 Å². The van der Waals surface area contributed by atoms with Crippen LogP contribution < -0.4 is 0 Å². The highest BCUT2D eigenvalue weighted by molar-refractivity contribution is 5.91. The molecule has 0 bridgehead atoms. The maximum absolute atomic E-state index is 11.0. The highest BCUT2D eigenvalue weighted by atomic mass is 16.1. The first-order chi connectivity index (χ1) is 9.25. The first-order valence-electron chi connectivity index (χ1n) is 6.10. The summed E-state index contributed by atoms with van der Waals surface area (Å²) in [4.78, 5) is 11.0. The van der Waals surface area contributed by atoms with Gasteiger partial charge in [-0.25, -0.2) is 0 Å². The van der Waals surface area contributed by atoms with E-state index in [0.717, 1.165) is 16.7 Å². The van der Waals surface area contributed by atoms with E-state index < -0.39 is 0 Å². The summed E-state index contributed by atoms with van der Waals surface area (Å²) >= 11 is 0. The quantitative estimate of drug-likeness (QED) is 0.583. The molecule has 0 fully saturated rings. The number of ketones is 1. The van der Waals surface area contributed by atoms with Crippen molar-refractivity contribution in [2.24, 2.45) is 0 Å². The molecule has 0 aliphatic rings. The molecule has 1 heteroatoms. The normalized spacial score (nSPS) is 9.95. The van der Waals surface area contributed by atoms with Crippen LogP contribution in [0.25, 0.3) is 6.08 Å². The SMILES string of the molecule is CC(=O)/C=C/c1ccccc1C#Cc1ccccc1. The predicted octanol–water partition coefficient (Wildman–Crippen LogP) is 3.69. The van der Waals surface area contributed by atoms with Crippen LogP contribution in [-0.2, 0) is 4.79 Å². The van der Waals surface area contributed by atoms with Crippen molar-refractivity contribution in [2.75, 3.05) is 0 Å². The summed E-state index contributed by atoms with van der Waals surface area (Å²) in [6.07, 6.45) is 3.36. The van der Waals surface area contributed by atoms with Gasteiger partial charge < -0.3 is 0 Å². The number of carbonyl (C=O) groups excluding carboxylic acids is 1. The number of rotatable bonds is 2. The number of benzene rings is 2. The highest BCUT2D eigenvalue weighted by Gasteiger charge is 1.95. The van der Waals surface area contributed by atoms with Gasteiger partial charge in [-0.2, -0.15) is 0 Å². The number of hydrogen-bond donors (Lipinski definition) is 0. The molecule has 19 heavy (non-hydrogen) atoms. The lowest BCUT2D eigenvalue weighted by atomic mass is 10.1. The van der Waals surface area contributed by atoms with Gasteiger partial charge in [0.25, 0.3) is 0 Å². The predicted molar refractivity (Wildman–Crippen MR) is 78.6 cm³/mol. The lowest BCUT2D eigenvalue weighted by Crippen LogP contribution is -1.84. The van der Waals surface area contributed by atoms with E-state index in [-0.39, 0.29) is 5.78 Å². The molecule has 0 saturated carbocycles. The molecule has 0 saturated heterocycles. The van der Waals surface area contributed by atoms with E-state index in [1.54, 1.807) is 12.2 Å². The lowest BCUT2D eigenvalue weighted by Gasteiger charge is -1.97. The summed E-state index contributed by atoms with van der Waals surface area (Å²) in [7, 11) is 0. The van der Waals surface area contributed by atoms with Crippen LogP contribution in [0.4, 0.5) is 0 Å². The van der Waals surface area contributed by atoms with Crippen molar-refractivity contribution in [3.8, 4) is 11.8 Å². The molecule has 0 radical (unpaired) electrons. The van der Waals surface area contributed by atoms with E-state index in [2.05, 4.69) is 11.8 Å². The molecule has 2 rings (SSSR count). The molecule has 0 N–H and O–H groups in total. The van der Waals surface area contributed by atoms with Gasteiger partial charge in [0.15, 0.2) is 5.78 Å². The zero-order valence-electron chi connectivity index (χ0n) is 10.8. The van der Waals surface area contributed by atoms with Crippen molar-refractivity contribution in [1.29, 1.82) is 0 Å². The molecule has 2 aromatic carbocycles. The van der Waals surface area contributed by atoms with E-state index in [1.807, 2.05) is 54.6 Å². The van der Waals surface area contributed by atoms with E-state index in [4.69, 9.17) is 0 Å². The minimum atomic E-state index is 0.0332. The monoisotopic (exact) mass is 246 g/mol. The van der Waals surface area contributed by atoms with E-state index in [1.165, 1.54) is 6.92 Å². The molecule has 0 amide bonds. The Hall–Kier alpha value is -2.59. The Morgan fingerprint density at radius 1 is 0.947 bits per heavy atom. The fraction of sp³-hybridized carbons (Fsp3) is 0.0556. The van der Waals surface area contributed by atoms with Gasteiger partial charge in [0.1, 0.15) is 0 Å². The highest BCUT2D eigenvalue weighted by Crippen LogP contribution is 2.10. The first kappa shape index (κ1) is 12.9. The molecule has 0 atom stereocenters. The van der Waals surface area contributed by atoms with E-state index in [0.29, 0.717) is 0 Å². The average Bonchev–Trinajstić information content (AvgIpc) is 2.45. The Morgan fingerprint density at radius 2 is 1.63 bits per heavy atom. The van der Waals surface area contributed by atoms with Crippen molar-refractivity contribution >= 4 is 11.9 Å². The summed E-state index contributed by atoms with van der Waals surface area (Å²) in [5.74, 6) is 6.29. The van der Waals surface area contributed by atoms with Crippen molar-refractivity contribution in [3.63, 3.8) is 0 Å². The third kappa shape index (κ3) is 3.97. The summed E-state index contributed by atoms with van der Waals surface area (Å²) in [5, 5.41) is 0. The van der Waals surface area contributed by atoms with Crippen LogP contribution in [0.1, 0.15) is 23.6 Å². The van der Waals surface area contributed by atoms with E-state index in [9.17, 15) is 4.79 Å². The summed E-state index contributed by atoms with van der Waals surface area (Å²) < 4.78 is 0. The zero-order chi connectivity index (χ0) is 13.5.